The van der Waals surface area contributed by atoms with Crippen LogP contribution in [0.25, 0.3) is 0 Å². The maximum atomic E-state index is 12.2. The molecule has 1 saturated carbocycles. The van der Waals surface area contributed by atoms with Gasteiger partial charge >= 0.3 is 0 Å². The summed E-state index contributed by atoms with van der Waals surface area (Å²) < 4.78 is 4.95. The monoisotopic (exact) mass is 279 g/mol. The second-order valence-electron chi connectivity index (χ2n) is 5.72. The van der Waals surface area contributed by atoms with Crippen molar-refractivity contribution < 1.29 is 14.4 Å². The summed E-state index contributed by atoms with van der Waals surface area (Å²) in [6, 6.07) is 1.96. The quantitative estimate of drug-likeness (QED) is 0.861. The van der Waals surface area contributed by atoms with Gasteiger partial charge in [0.05, 0.1) is 6.10 Å². The predicted octanol–water partition coefficient (Wildman–Crippen LogP) is 0.654. The van der Waals surface area contributed by atoms with E-state index in [9.17, 15) is 9.90 Å². The van der Waals surface area contributed by atoms with Crippen molar-refractivity contribution in [1.82, 2.24) is 15.0 Å². The highest BCUT2D eigenvalue weighted by atomic mass is 16.5. The number of nitrogens with zero attached hydrogens (tertiary/aromatic N) is 3. The second-order valence-corrected chi connectivity index (χ2v) is 5.72. The molecule has 6 heteroatoms. The van der Waals surface area contributed by atoms with Gasteiger partial charge in [0.25, 0.3) is 5.91 Å². The lowest BCUT2D eigenvalue weighted by atomic mass is 10.1. The zero-order valence-electron chi connectivity index (χ0n) is 11.8. The standard InChI is InChI=1S/C14H21N3O3/c1-10-9-11(15-20-10)14(19)17-7-5-16(6-8-17)12-3-2-4-13(12)18/h9,12-13,18H,2-8H2,1H3/t12-,13+/m1/s1. The lowest BCUT2D eigenvalue weighted by Gasteiger charge is -2.38. The molecule has 1 aliphatic carbocycles. The molecule has 1 aliphatic heterocycles. The molecule has 6 nitrogen and oxygen atoms in total. The molecule has 1 N–H and O–H groups in total. The number of aliphatic hydroxyl groups is 1. The average molecular weight is 279 g/mol. The highest BCUT2D eigenvalue weighted by molar-refractivity contribution is 5.92. The first-order valence-electron chi connectivity index (χ1n) is 7.30. The maximum absolute atomic E-state index is 12.2. The molecule has 0 unspecified atom stereocenters. The van der Waals surface area contributed by atoms with Crippen LogP contribution >= 0.6 is 0 Å². The Balaban J connectivity index is 1.57. The molecule has 2 aliphatic rings. The molecule has 110 valence electrons. The van der Waals surface area contributed by atoms with Crippen LogP contribution in [0.2, 0.25) is 0 Å². The van der Waals surface area contributed by atoms with Gasteiger partial charge in [-0.1, -0.05) is 5.16 Å². The van der Waals surface area contributed by atoms with Gasteiger partial charge < -0.3 is 14.5 Å². The van der Waals surface area contributed by atoms with Gasteiger partial charge in [-0.05, 0) is 26.2 Å². The number of rotatable bonds is 2. The first kappa shape index (κ1) is 13.6. The minimum atomic E-state index is -0.199. The smallest absolute Gasteiger partial charge is 0.276 e. The summed E-state index contributed by atoms with van der Waals surface area (Å²) in [4.78, 5) is 16.4. The summed E-state index contributed by atoms with van der Waals surface area (Å²) in [6.45, 7) is 4.81. The lowest BCUT2D eigenvalue weighted by Crippen LogP contribution is -2.53. The predicted molar refractivity (Wildman–Crippen MR) is 72.4 cm³/mol. The molecule has 1 saturated heterocycles. The van der Waals surface area contributed by atoms with E-state index in [1.807, 2.05) is 4.90 Å². The Morgan fingerprint density at radius 3 is 2.65 bits per heavy atom. The molecule has 0 radical (unpaired) electrons. The Labute approximate surface area is 118 Å². The van der Waals surface area contributed by atoms with Crippen LogP contribution < -0.4 is 0 Å². The molecule has 0 bridgehead atoms. The highest BCUT2D eigenvalue weighted by Gasteiger charge is 2.33. The summed E-state index contributed by atoms with van der Waals surface area (Å²) in [5.74, 6) is 0.592. The Bertz CT molecular complexity index is 480. The Kier molecular flexibility index (Phi) is 3.76. The molecule has 0 spiro atoms. The van der Waals surface area contributed by atoms with Crippen LogP contribution in [-0.2, 0) is 0 Å². The zero-order valence-corrected chi connectivity index (χ0v) is 11.8. The van der Waals surface area contributed by atoms with Crippen molar-refractivity contribution in [2.24, 2.45) is 0 Å². The number of aryl methyl sites for hydroxylation is 1. The Morgan fingerprint density at radius 1 is 1.35 bits per heavy atom. The lowest BCUT2D eigenvalue weighted by molar-refractivity contribution is 0.0311. The number of amides is 1. The topological polar surface area (TPSA) is 69.8 Å². The van der Waals surface area contributed by atoms with Crippen LogP contribution in [0, 0.1) is 6.92 Å². The van der Waals surface area contributed by atoms with Gasteiger partial charge in [-0.15, -0.1) is 0 Å². The van der Waals surface area contributed by atoms with Crippen molar-refractivity contribution in [3.8, 4) is 0 Å². The fraction of sp³-hybridized carbons (Fsp3) is 0.714. The first-order valence-corrected chi connectivity index (χ1v) is 7.30. The molecule has 3 rings (SSSR count). The number of aromatic nitrogens is 1. The van der Waals surface area contributed by atoms with Gasteiger partial charge in [-0.25, -0.2) is 0 Å². The molecular formula is C14H21N3O3. The summed E-state index contributed by atoms with van der Waals surface area (Å²) in [5, 5.41) is 13.7. The van der Waals surface area contributed by atoms with Crippen molar-refractivity contribution in [2.45, 2.75) is 38.3 Å². The van der Waals surface area contributed by atoms with Crippen molar-refractivity contribution in [3.05, 3.63) is 17.5 Å². The summed E-state index contributed by atoms with van der Waals surface area (Å²) in [5.41, 5.74) is 0.386. The molecule has 1 aromatic rings. The van der Waals surface area contributed by atoms with E-state index in [1.165, 1.54) is 0 Å². The SMILES string of the molecule is Cc1cc(C(=O)N2CCN([C@@H]3CCC[C@@H]3O)CC2)no1. The van der Waals surface area contributed by atoms with Gasteiger partial charge in [0.2, 0.25) is 0 Å². The zero-order chi connectivity index (χ0) is 14.1. The van der Waals surface area contributed by atoms with Gasteiger partial charge in [-0.2, -0.15) is 0 Å². The number of piperazine rings is 1. The van der Waals surface area contributed by atoms with E-state index in [4.69, 9.17) is 4.52 Å². The van der Waals surface area contributed by atoms with Crippen molar-refractivity contribution in [1.29, 1.82) is 0 Å². The summed E-state index contributed by atoms with van der Waals surface area (Å²) in [6.07, 6.45) is 2.87. The van der Waals surface area contributed by atoms with Crippen LogP contribution in [0.15, 0.2) is 10.6 Å². The summed E-state index contributed by atoms with van der Waals surface area (Å²) >= 11 is 0. The fourth-order valence-electron chi connectivity index (χ4n) is 3.23. The van der Waals surface area contributed by atoms with Crippen molar-refractivity contribution in [2.75, 3.05) is 26.2 Å². The van der Waals surface area contributed by atoms with Crippen LogP contribution in [0.1, 0.15) is 35.5 Å². The van der Waals surface area contributed by atoms with Gasteiger partial charge in [0.15, 0.2) is 5.69 Å². The molecule has 20 heavy (non-hydrogen) atoms. The van der Waals surface area contributed by atoms with Gasteiger partial charge in [0, 0.05) is 38.3 Å². The molecule has 0 aromatic carbocycles. The minimum Gasteiger partial charge on any atom is -0.391 e. The van der Waals surface area contributed by atoms with Crippen LogP contribution in [0.4, 0.5) is 0 Å². The highest BCUT2D eigenvalue weighted by Crippen LogP contribution is 2.25. The third-order valence-electron chi connectivity index (χ3n) is 4.36. The first-order chi connectivity index (χ1) is 9.65. The molecule has 1 amide bonds. The van der Waals surface area contributed by atoms with Crippen molar-refractivity contribution >= 4 is 5.91 Å². The van der Waals surface area contributed by atoms with Gasteiger partial charge in [0.1, 0.15) is 5.76 Å². The fourth-order valence-corrected chi connectivity index (χ4v) is 3.23. The van der Waals surface area contributed by atoms with Crippen molar-refractivity contribution in [3.63, 3.8) is 0 Å². The van der Waals surface area contributed by atoms with E-state index >= 15 is 0 Å². The van der Waals surface area contributed by atoms with Gasteiger partial charge in [-0.3, -0.25) is 9.69 Å². The van der Waals surface area contributed by atoms with Crippen LogP contribution in [0.5, 0.6) is 0 Å². The van der Waals surface area contributed by atoms with E-state index in [0.717, 1.165) is 32.4 Å². The normalized spacial score (nSPS) is 28.0. The molecular weight excluding hydrogens is 258 g/mol. The largest absolute Gasteiger partial charge is 0.391 e. The number of carbonyl (C=O) groups is 1. The van der Waals surface area contributed by atoms with E-state index in [1.54, 1.807) is 13.0 Å². The van der Waals surface area contributed by atoms with E-state index in [-0.39, 0.29) is 18.1 Å². The van der Waals surface area contributed by atoms with Crippen LogP contribution in [-0.4, -0.2) is 64.3 Å². The van der Waals surface area contributed by atoms with E-state index in [0.29, 0.717) is 24.5 Å². The number of hydrogen-bond donors (Lipinski definition) is 1. The number of aliphatic hydroxyl groups excluding tert-OH is 1. The second kappa shape index (κ2) is 5.54. The minimum absolute atomic E-state index is 0.0616. The Morgan fingerprint density at radius 2 is 2.10 bits per heavy atom. The maximum Gasteiger partial charge on any atom is 0.276 e. The number of hydrogen-bond acceptors (Lipinski definition) is 5. The molecule has 2 fully saturated rings. The van der Waals surface area contributed by atoms with E-state index < -0.39 is 0 Å². The van der Waals surface area contributed by atoms with Crippen LogP contribution in [0.3, 0.4) is 0 Å². The third-order valence-corrected chi connectivity index (χ3v) is 4.36. The summed E-state index contributed by atoms with van der Waals surface area (Å²) in [7, 11) is 0. The Hall–Kier alpha value is -1.40. The molecule has 2 heterocycles. The molecule has 1 aromatic heterocycles. The third kappa shape index (κ3) is 2.58. The average Bonchev–Trinajstić information content (AvgIpc) is 3.07. The number of carbonyl (C=O) groups excluding carboxylic acids is 1. The van der Waals surface area contributed by atoms with E-state index in [2.05, 4.69) is 10.1 Å². The molecule has 2 atom stereocenters.